The molecule has 0 amide bonds. The van der Waals surface area contributed by atoms with E-state index in [0.29, 0.717) is 17.2 Å². The van der Waals surface area contributed by atoms with E-state index in [1.807, 2.05) is 24.3 Å². The van der Waals surface area contributed by atoms with Gasteiger partial charge in [0.2, 0.25) is 10.0 Å². The lowest BCUT2D eigenvalue weighted by molar-refractivity contribution is 0.322. The van der Waals surface area contributed by atoms with E-state index in [2.05, 4.69) is 18.6 Å². The standard InChI is InChI=1S/C18H22FNO3S/c1-13(2)15-5-4-6-17(12-15)23-10-9-20-24(21,22)18-8-7-16(19)11-14(18)3/h4-8,11-13,20H,9-10H2,1-3H3. The molecule has 0 saturated carbocycles. The molecule has 2 rings (SSSR count). The third-order valence-electron chi connectivity index (χ3n) is 3.61. The largest absolute Gasteiger partial charge is 0.492 e. The maximum atomic E-state index is 13.1. The first-order chi connectivity index (χ1) is 11.3. The van der Waals surface area contributed by atoms with Crippen LogP contribution in [-0.4, -0.2) is 21.6 Å². The molecule has 0 aliphatic rings. The SMILES string of the molecule is Cc1cc(F)ccc1S(=O)(=O)NCCOc1cccc(C(C)C)c1. The second-order valence-electron chi connectivity index (χ2n) is 5.88. The summed E-state index contributed by atoms with van der Waals surface area (Å²) in [6, 6.07) is 11.3. The molecule has 24 heavy (non-hydrogen) atoms. The average molecular weight is 351 g/mol. The van der Waals surface area contributed by atoms with Gasteiger partial charge in [0.15, 0.2) is 0 Å². The van der Waals surface area contributed by atoms with Gasteiger partial charge in [0.25, 0.3) is 0 Å². The molecule has 130 valence electrons. The summed E-state index contributed by atoms with van der Waals surface area (Å²) in [4.78, 5) is 0.0747. The fraction of sp³-hybridized carbons (Fsp3) is 0.333. The Hall–Kier alpha value is -1.92. The molecule has 4 nitrogen and oxygen atoms in total. The van der Waals surface area contributed by atoms with Crippen molar-refractivity contribution in [3.05, 3.63) is 59.4 Å². The number of rotatable bonds is 7. The van der Waals surface area contributed by atoms with Crippen molar-refractivity contribution in [2.24, 2.45) is 0 Å². The van der Waals surface area contributed by atoms with Gasteiger partial charge in [0.1, 0.15) is 18.2 Å². The van der Waals surface area contributed by atoms with Crippen molar-refractivity contribution in [1.29, 1.82) is 0 Å². The van der Waals surface area contributed by atoms with Gasteiger partial charge in [0, 0.05) is 6.54 Å². The summed E-state index contributed by atoms with van der Waals surface area (Å²) in [6.45, 7) is 6.09. The van der Waals surface area contributed by atoms with Crippen molar-refractivity contribution in [3.63, 3.8) is 0 Å². The maximum Gasteiger partial charge on any atom is 0.240 e. The van der Waals surface area contributed by atoms with Gasteiger partial charge >= 0.3 is 0 Å². The molecule has 0 heterocycles. The van der Waals surface area contributed by atoms with Crippen LogP contribution in [0.15, 0.2) is 47.4 Å². The van der Waals surface area contributed by atoms with Crippen LogP contribution in [-0.2, 0) is 10.0 Å². The number of aryl methyl sites for hydroxylation is 1. The quantitative estimate of drug-likeness (QED) is 0.775. The van der Waals surface area contributed by atoms with Gasteiger partial charge in [-0.1, -0.05) is 26.0 Å². The molecular weight excluding hydrogens is 329 g/mol. The fourth-order valence-corrected chi connectivity index (χ4v) is 3.54. The molecule has 6 heteroatoms. The molecular formula is C18H22FNO3S. The monoisotopic (exact) mass is 351 g/mol. The Morgan fingerprint density at radius 2 is 1.92 bits per heavy atom. The van der Waals surface area contributed by atoms with Crippen molar-refractivity contribution in [3.8, 4) is 5.75 Å². The van der Waals surface area contributed by atoms with Crippen molar-refractivity contribution >= 4 is 10.0 Å². The highest BCUT2D eigenvalue weighted by atomic mass is 32.2. The first-order valence-electron chi connectivity index (χ1n) is 7.78. The Bertz CT molecular complexity index is 804. The van der Waals surface area contributed by atoms with Crippen molar-refractivity contribution in [1.82, 2.24) is 4.72 Å². The number of halogens is 1. The number of hydrogen-bond acceptors (Lipinski definition) is 3. The van der Waals surface area contributed by atoms with E-state index < -0.39 is 15.8 Å². The Kier molecular flexibility index (Phi) is 5.96. The zero-order valence-corrected chi connectivity index (χ0v) is 14.9. The third-order valence-corrected chi connectivity index (χ3v) is 5.24. The number of ether oxygens (including phenoxy) is 1. The van der Waals surface area contributed by atoms with Crippen LogP contribution in [0.4, 0.5) is 4.39 Å². The predicted molar refractivity (Wildman–Crippen MR) is 92.4 cm³/mol. The molecule has 0 aliphatic heterocycles. The van der Waals surface area contributed by atoms with Crippen molar-refractivity contribution < 1.29 is 17.5 Å². The minimum absolute atomic E-state index is 0.0747. The molecule has 0 radical (unpaired) electrons. The first-order valence-corrected chi connectivity index (χ1v) is 9.26. The molecule has 2 aromatic carbocycles. The normalized spacial score (nSPS) is 11.7. The number of sulfonamides is 1. The minimum Gasteiger partial charge on any atom is -0.492 e. The molecule has 1 N–H and O–H groups in total. The highest BCUT2D eigenvalue weighted by Gasteiger charge is 2.16. The summed E-state index contributed by atoms with van der Waals surface area (Å²) in [5, 5.41) is 0. The minimum atomic E-state index is -3.68. The molecule has 0 aromatic heterocycles. The Balaban J connectivity index is 1.93. The lowest BCUT2D eigenvalue weighted by Crippen LogP contribution is -2.28. The van der Waals surface area contributed by atoms with Crippen LogP contribution in [0, 0.1) is 12.7 Å². The molecule has 0 atom stereocenters. The van der Waals surface area contributed by atoms with E-state index in [0.717, 1.165) is 11.6 Å². The van der Waals surface area contributed by atoms with E-state index in [-0.39, 0.29) is 18.0 Å². The van der Waals surface area contributed by atoms with Crippen LogP contribution in [0.2, 0.25) is 0 Å². The van der Waals surface area contributed by atoms with Gasteiger partial charge in [-0.05, 0) is 54.3 Å². The second kappa shape index (κ2) is 7.77. The van der Waals surface area contributed by atoms with Crippen molar-refractivity contribution in [2.75, 3.05) is 13.2 Å². The maximum absolute atomic E-state index is 13.1. The van der Waals surface area contributed by atoms with Crippen LogP contribution < -0.4 is 9.46 Å². The van der Waals surface area contributed by atoms with E-state index in [9.17, 15) is 12.8 Å². The van der Waals surface area contributed by atoms with Gasteiger partial charge in [0.05, 0.1) is 4.90 Å². The molecule has 2 aromatic rings. The van der Waals surface area contributed by atoms with E-state index >= 15 is 0 Å². The molecule has 0 fully saturated rings. The zero-order chi connectivity index (χ0) is 17.7. The lowest BCUT2D eigenvalue weighted by Gasteiger charge is -2.12. The number of benzene rings is 2. The summed E-state index contributed by atoms with van der Waals surface area (Å²) in [5.41, 5.74) is 1.53. The van der Waals surface area contributed by atoms with E-state index in [1.165, 1.54) is 12.1 Å². The summed E-state index contributed by atoms with van der Waals surface area (Å²) in [5.74, 6) is 0.645. The molecule has 0 spiro atoms. The fourth-order valence-electron chi connectivity index (χ4n) is 2.30. The second-order valence-corrected chi connectivity index (χ2v) is 7.62. The molecule has 0 saturated heterocycles. The van der Waals surface area contributed by atoms with Crippen LogP contribution >= 0.6 is 0 Å². The lowest BCUT2D eigenvalue weighted by atomic mass is 10.0. The van der Waals surface area contributed by atoms with Crippen LogP contribution in [0.1, 0.15) is 30.9 Å². The highest BCUT2D eigenvalue weighted by Crippen LogP contribution is 2.20. The topological polar surface area (TPSA) is 55.4 Å². The van der Waals surface area contributed by atoms with Crippen LogP contribution in [0.25, 0.3) is 0 Å². The third kappa shape index (κ3) is 4.79. The Morgan fingerprint density at radius 1 is 1.17 bits per heavy atom. The van der Waals surface area contributed by atoms with Crippen LogP contribution in [0.5, 0.6) is 5.75 Å². The predicted octanol–water partition coefficient (Wildman–Crippen LogP) is 3.61. The van der Waals surface area contributed by atoms with Gasteiger partial charge < -0.3 is 4.74 Å². The van der Waals surface area contributed by atoms with Gasteiger partial charge in [-0.2, -0.15) is 0 Å². The van der Waals surface area contributed by atoms with Crippen LogP contribution in [0.3, 0.4) is 0 Å². The highest BCUT2D eigenvalue weighted by molar-refractivity contribution is 7.89. The summed E-state index contributed by atoms with van der Waals surface area (Å²) >= 11 is 0. The Labute approximate surface area is 142 Å². The first kappa shape index (κ1) is 18.4. The van der Waals surface area contributed by atoms with Crippen molar-refractivity contribution in [2.45, 2.75) is 31.6 Å². The Morgan fingerprint density at radius 3 is 2.58 bits per heavy atom. The van der Waals surface area contributed by atoms with Gasteiger partial charge in [-0.15, -0.1) is 0 Å². The molecule has 0 bridgehead atoms. The summed E-state index contributed by atoms with van der Waals surface area (Å²) < 4.78 is 45.6. The average Bonchev–Trinajstić information content (AvgIpc) is 2.51. The summed E-state index contributed by atoms with van der Waals surface area (Å²) in [7, 11) is -3.68. The van der Waals surface area contributed by atoms with E-state index in [4.69, 9.17) is 4.74 Å². The number of nitrogens with one attached hydrogen (secondary N) is 1. The number of hydrogen-bond donors (Lipinski definition) is 1. The summed E-state index contributed by atoms with van der Waals surface area (Å²) in [6.07, 6.45) is 0. The zero-order valence-electron chi connectivity index (χ0n) is 14.0. The van der Waals surface area contributed by atoms with E-state index in [1.54, 1.807) is 6.92 Å². The molecule has 0 aliphatic carbocycles. The van der Waals surface area contributed by atoms with Gasteiger partial charge in [-0.3, -0.25) is 0 Å². The molecule has 0 unspecified atom stereocenters. The van der Waals surface area contributed by atoms with Gasteiger partial charge in [-0.25, -0.2) is 17.5 Å². The smallest absolute Gasteiger partial charge is 0.240 e.